The van der Waals surface area contributed by atoms with Crippen LogP contribution in [0.1, 0.15) is 21.8 Å². The Morgan fingerprint density at radius 2 is 2.00 bits per heavy atom. The first-order chi connectivity index (χ1) is 12.2. The highest BCUT2D eigenvalue weighted by molar-refractivity contribution is 7.98. The van der Waals surface area contributed by atoms with E-state index in [2.05, 4.69) is 10.5 Å². The normalized spacial score (nSPS) is 10.6. The lowest BCUT2D eigenvalue weighted by Gasteiger charge is -2.10. The average Bonchev–Trinajstić information content (AvgIpc) is 3.05. The minimum Gasteiger partial charge on any atom is -0.360 e. The van der Waals surface area contributed by atoms with Gasteiger partial charge in [0.1, 0.15) is 5.76 Å². The molecule has 1 heterocycles. The van der Waals surface area contributed by atoms with Crippen LogP contribution in [0.15, 0.2) is 68.9 Å². The highest BCUT2D eigenvalue weighted by Gasteiger charge is 2.13. The number of aryl methyl sites for hydroxylation is 1. The zero-order valence-corrected chi connectivity index (χ0v) is 15.6. The summed E-state index contributed by atoms with van der Waals surface area (Å²) < 4.78 is 5.23. The quantitative estimate of drug-likeness (QED) is 0.601. The molecule has 6 heteroatoms. The van der Waals surface area contributed by atoms with E-state index in [0.29, 0.717) is 11.3 Å². The van der Waals surface area contributed by atoms with Crippen LogP contribution in [0.2, 0.25) is 0 Å². The second-order valence-corrected chi connectivity index (χ2v) is 7.30. The fourth-order valence-corrected chi connectivity index (χ4v) is 3.70. The number of benzene rings is 2. The van der Waals surface area contributed by atoms with E-state index in [1.54, 1.807) is 23.5 Å². The van der Waals surface area contributed by atoms with E-state index in [9.17, 15) is 4.79 Å². The Morgan fingerprint density at radius 3 is 2.76 bits per heavy atom. The number of amides is 1. The van der Waals surface area contributed by atoms with Crippen LogP contribution in [-0.4, -0.2) is 17.3 Å². The highest BCUT2D eigenvalue weighted by atomic mass is 32.2. The summed E-state index contributed by atoms with van der Waals surface area (Å²) in [6, 6.07) is 17.3. The molecule has 0 fully saturated rings. The molecular formula is C19H18N2O2S2. The second-order valence-electron chi connectivity index (χ2n) is 5.41. The van der Waals surface area contributed by atoms with Crippen LogP contribution in [0.25, 0.3) is 0 Å². The SMILES string of the molecule is CSc1cccc(NC(=O)c2ccccc2SCc2cc(C)no2)c1. The summed E-state index contributed by atoms with van der Waals surface area (Å²) in [5.41, 5.74) is 2.30. The van der Waals surface area contributed by atoms with Gasteiger partial charge in [0.25, 0.3) is 5.91 Å². The molecule has 4 nitrogen and oxygen atoms in total. The third-order valence-electron chi connectivity index (χ3n) is 3.51. The van der Waals surface area contributed by atoms with Gasteiger partial charge in [0.2, 0.25) is 0 Å². The summed E-state index contributed by atoms with van der Waals surface area (Å²) in [7, 11) is 0. The Bertz CT molecular complexity index is 877. The van der Waals surface area contributed by atoms with Crippen LogP contribution >= 0.6 is 23.5 Å². The van der Waals surface area contributed by atoms with E-state index in [0.717, 1.165) is 26.9 Å². The van der Waals surface area contributed by atoms with Crippen molar-refractivity contribution in [2.45, 2.75) is 22.5 Å². The van der Waals surface area contributed by atoms with Crippen molar-refractivity contribution in [3.63, 3.8) is 0 Å². The molecule has 0 aliphatic carbocycles. The molecule has 3 aromatic rings. The number of thioether (sulfide) groups is 2. The van der Waals surface area contributed by atoms with Crippen LogP contribution in [0, 0.1) is 6.92 Å². The number of hydrogen-bond donors (Lipinski definition) is 1. The summed E-state index contributed by atoms with van der Waals surface area (Å²) in [4.78, 5) is 14.7. The maximum atomic E-state index is 12.7. The Morgan fingerprint density at radius 1 is 1.16 bits per heavy atom. The molecule has 0 aliphatic heterocycles. The van der Waals surface area contributed by atoms with Crippen LogP contribution < -0.4 is 5.32 Å². The lowest BCUT2D eigenvalue weighted by atomic mass is 10.2. The van der Waals surface area contributed by atoms with E-state index >= 15 is 0 Å². The Hall–Kier alpha value is -2.18. The second kappa shape index (κ2) is 8.27. The first-order valence-electron chi connectivity index (χ1n) is 7.75. The predicted octanol–water partition coefficient (Wildman–Crippen LogP) is 5.25. The molecule has 0 bridgehead atoms. The maximum Gasteiger partial charge on any atom is 0.256 e. The van der Waals surface area contributed by atoms with Gasteiger partial charge in [-0.05, 0) is 43.5 Å². The molecule has 1 N–H and O–H groups in total. The molecule has 128 valence electrons. The van der Waals surface area contributed by atoms with E-state index in [4.69, 9.17) is 4.52 Å². The summed E-state index contributed by atoms with van der Waals surface area (Å²) in [6.45, 7) is 1.89. The number of aromatic nitrogens is 1. The number of carbonyl (C=O) groups is 1. The van der Waals surface area contributed by atoms with Crippen LogP contribution in [-0.2, 0) is 5.75 Å². The van der Waals surface area contributed by atoms with Gasteiger partial charge in [0, 0.05) is 21.5 Å². The van der Waals surface area contributed by atoms with Gasteiger partial charge < -0.3 is 9.84 Å². The minimum absolute atomic E-state index is 0.116. The van der Waals surface area contributed by atoms with Gasteiger partial charge in [-0.25, -0.2) is 0 Å². The molecule has 0 unspecified atom stereocenters. The molecule has 0 aliphatic rings. The average molecular weight is 370 g/mol. The zero-order valence-electron chi connectivity index (χ0n) is 14.0. The van der Waals surface area contributed by atoms with Gasteiger partial charge in [-0.3, -0.25) is 4.79 Å². The zero-order chi connectivity index (χ0) is 17.6. The van der Waals surface area contributed by atoms with Crippen LogP contribution in [0.5, 0.6) is 0 Å². The van der Waals surface area contributed by atoms with Crippen molar-refractivity contribution in [3.8, 4) is 0 Å². The molecule has 25 heavy (non-hydrogen) atoms. The molecule has 0 saturated heterocycles. The van der Waals surface area contributed by atoms with Gasteiger partial charge in [-0.2, -0.15) is 0 Å². The fraction of sp³-hybridized carbons (Fsp3) is 0.158. The van der Waals surface area contributed by atoms with Gasteiger partial charge in [-0.1, -0.05) is 23.4 Å². The van der Waals surface area contributed by atoms with Crippen molar-refractivity contribution in [3.05, 3.63) is 71.6 Å². The smallest absolute Gasteiger partial charge is 0.256 e. The van der Waals surface area contributed by atoms with Gasteiger partial charge in [-0.15, -0.1) is 23.5 Å². The molecular weight excluding hydrogens is 352 g/mol. The fourth-order valence-electron chi connectivity index (χ4n) is 2.31. The summed E-state index contributed by atoms with van der Waals surface area (Å²) in [5, 5.41) is 6.86. The van der Waals surface area contributed by atoms with Crippen molar-refractivity contribution in [1.29, 1.82) is 0 Å². The van der Waals surface area contributed by atoms with Crippen LogP contribution in [0.3, 0.4) is 0 Å². The third kappa shape index (κ3) is 4.67. The molecule has 1 amide bonds. The summed E-state index contributed by atoms with van der Waals surface area (Å²) in [5.74, 6) is 1.31. The van der Waals surface area contributed by atoms with E-state index in [1.165, 1.54) is 0 Å². The molecule has 0 spiro atoms. The molecule has 1 aromatic heterocycles. The lowest BCUT2D eigenvalue weighted by Crippen LogP contribution is -2.13. The maximum absolute atomic E-state index is 12.7. The predicted molar refractivity (Wildman–Crippen MR) is 103 cm³/mol. The first kappa shape index (κ1) is 17.6. The number of nitrogens with zero attached hydrogens (tertiary/aromatic N) is 1. The van der Waals surface area contributed by atoms with Crippen molar-refractivity contribution in [1.82, 2.24) is 5.16 Å². The number of carbonyl (C=O) groups excluding carboxylic acids is 1. The number of anilines is 1. The Labute approximate surface area is 155 Å². The lowest BCUT2D eigenvalue weighted by molar-refractivity contribution is 0.102. The van der Waals surface area contributed by atoms with Gasteiger partial charge >= 0.3 is 0 Å². The molecule has 0 atom stereocenters. The highest BCUT2D eigenvalue weighted by Crippen LogP contribution is 2.27. The minimum atomic E-state index is -0.116. The van der Waals surface area contributed by atoms with Crippen molar-refractivity contribution < 1.29 is 9.32 Å². The standard InChI is InChI=1S/C19H18N2O2S2/c1-13-10-15(23-21-13)12-25-18-9-4-3-8-17(18)19(22)20-14-6-5-7-16(11-14)24-2/h3-11H,12H2,1-2H3,(H,20,22). The van der Waals surface area contributed by atoms with Crippen LogP contribution in [0.4, 0.5) is 5.69 Å². The summed E-state index contributed by atoms with van der Waals surface area (Å²) in [6.07, 6.45) is 2.01. The number of rotatable bonds is 6. The van der Waals surface area contributed by atoms with E-state index < -0.39 is 0 Å². The Balaban J connectivity index is 1.73. The Kier molecular flexibility index (Phi) is 5.83. The van der Waals surface area contributed by atoms with Gasteiger partial charge in [0.15, 0.2) is 0 Å². The third-order valence-corrected chi connectivity index (χ3v) is 5.33. The summed E-state index contributed by atoms with van der Waals surface area (Å²) >= 11 is 3.21. The largest absolute Gasteiger partial charge is 0.360 e. The van der Waals surface area contributed by atoms with Crippen molar-refractivity contribution in [2.24, 2.45) is 0 Å². The molecule has 2 aromatic carbocycles. The topological polar surface area (TPSA) is 55.1 Å². The van der Waals surface area contributed by atoms with Gasteiger partial charge in [0.05, 0.1) is 17.0 Å². The molecule has 3 rings (SSSR count). The number of nitrogens with one attached hydrogen (secondary N) is 1. The molecule has 0 saturated carbocycles. The van der Waals surface area contributed by atoms with E-state index in [-0.39, 0.29) is 5.91 Å². The monoisotopic (exact) mass is 370 g/mol. The van der Waals surface area contributed by atoms with E-state index in [1.807, 2.05) is 67.8 Å². The first-order valence-corrected chi connectivity index (χ1v) is 9.96. The van der Waals surface area contributed by atoms with Crippen molar-refractivity contribution in [2.75, 3.05) is 11.6 Å². The number of hydrogen-bond acceptors (Lipinski definition) is 5. The molecule has 0 radical (unpaired) electrons. The van der Waals surface area contributed by atoms with Crippen molar-refractivity contribution >= 4 is 35.1 Å².